The number of carbonyl (C=O) groups is 2. The van der Waals surface area contributed by atoms with E-state index in [1.165, 1.54) is 28.0 Å². The van der Waals surface area contributed by atoms with Crippen LogP contribution < -0.4 is 15.5 Å². The van der Waals surface area contributed by atoms with Gasteiger partial charge >= 0.3 is 0 Å². The van der Waals surface area contributed by atoms with Gasteiger partial charge in [0.1, 0.15) is 6.54 Å². The highest BCUT2D eigenvalue weighted by molar-refractivity contribution is 8.02. The number of nitrogens with one attached hydrogen (secondary N) is 2. The van der Waals surface area contributed by atoms with Crippen molar-refractivity contribution >= 4 is 57.1 Å². The van der Waals surface area contributed by atoms with E-state index in [1.54, 1.807) is 6.07 Å². The Bertz CT molecular complexity index is 1010. The third-order valence-corrected chi connectivity index (χ3v) is 6.10. The molecule has 0 bridgehead atoms. The van der Waals surface area contributed by atoms with E-state index in [0.717, 1.165) is 5.69 Å². The predicted molar refractivity (Wildman–Crippen MR) is 112 cm³/mol. The summed E-state index contributed by atoms with van der Waals surface area (Å²) >= 11 is 2.72. The van der Waals surface area contributed by atoms with Gasteiger partial charge < -0.3 is 10.6 Å². The first kappa shape index (κ1) is 18.5. The lowest BCUT2D eigenvalue weighted by Gasteiger charge is -2.30. The largest absolute Gasteiger partial charge is 0.330 e. The summed E-state index contributed by atoms with van der Waals surface area (Å²) in [7, 11) is 0. The summed E-state index contributed by atoms with van der Waals surface area (Å²) in [5.41, 5.74) is 2.29. The molecule has 3 aromatic rings. The van der Waals surface area contributed by atoms with Crippen LogP contribution in [0.5, 0.6) is 0 Å². The maximum atomic E-state index is 13.0. The molecule has 0 saturated carbocycles. The number of nitrogens with zero attached hydrogens (tertiary/aromatic N) is 3. The van der Waals surface area contributed by atoms with Gasteiger partial charge in [-0.15, -0.1) is 10.2 Å². The van der Waals surface area contributed by atoms with E-state index in [2.05, 4.69) is 20.8 Å². The molecule has 142 valence electrons. The maximum absolute atomic E-state index is 13.0. The molecule has 2 amide bonds. The van der Waals surface area contributed by atoms with E-state index in [0.29, 0.717) is 20.8 Å². The van der Waals surface area contributed by atoms with Crippen molar-refractivity contribution in [1.29, 1.82) is 0 Å². The average molecular weight is 412 g/mol. The Balaban J connectivity index is 1.45. The highest BCUT2D eigenvalue weighted by atomic mass is 32.2. The SMILES string of the molecule is C[C@@H](Sc1nnc(Nc2ccccc2)s1)C(=O)N1CC(=O)Nc2ccccc21. The Hall–Kier alpha value is -2.91. The predicted octanol–water partition coefficient (Wildman–Crippen LogP) is 3.75. The maximum Gasteiger partial charge on any atom is 0.244 e. The molecule has 1 aromatic heterocycles. The molecule has 0 radical (unpaired) electrons. The third kappa shape index (κ3) is 4.00. The minimum Gasteiger partial charge on any atom is -0.330 e. The Morgan fingerprint density at radius 1 is 1.18 bits per heavy atom. The summed E-state index contributed by atoms with van der Waals surface area (Å²) in [6.07, 6.45) is 0. The van der Waals surface area contributed by atoms with Gasteiger partial charge in [-0.25, -0.2) is 0 Å². The van der Waals surface area contributed by atoms with Crippen LogP contribution in [0.4, 0.5) is 22.2 Å². The molecule has 0 fully saturated rings. The lowest BCUT2D eigenvalue weighted by atomic mass is 10.2. The molecule has 2 heterocycles. The summed E-state index contributed by atoms with van der Waals surface area (Å²) in [6, 6.07) is 17.0. The highest BCUT2D eigenvalue weighted by Crippen LogP contribution is 2.34. The van der Waals surface area contributed by atoms with Crippen LogP contribution in [0.15, 0.2) is 58.9 Å². The molecule has 0 aliphatic carbocycles. The summed E-state index contributed by atoms with van der Waals surface area (Å²) in [5.74, 6) is -0.338. The summed E-state index contributed by atoms with van der Waals surface area (Å²) in [5, 5.41) is 14.5. The highest BCUT2D eigenvalue weighted by Gasteiger charge is 2.30. The molecule has 2 N–H and O–H groups in total. The molecule has 0 unspecified atom stereocenters. The van der Waals surface area contributed by atoms with E-state index in [4.69, 9.17) is 0 Å². The number of thioether (sulfide) groups is 1. The van der Waals surface area contributed by atoms with Gasteiger partial charge in [0.25, 0.3) is 0 Å². The minimum atomic E-state index is -0.406. The van der Waals surface area contributed by atoms with Crippen LogP contribution in [0.2, 0.25) is 0 Å². The first-order valence-electron chi connectivity index (χ1n) is 8.62. The number of benzene rings is 2. The van der Waals surface area contributed by atoms with Gasteiger partial charge in [0.05, 0.1) is 16.6 Å². The molecule has 28 heavy (non-hydrogen) atoms. The number of hydrogen-bond donors (Lipinski definition) is 2. The molecule has 1 aliphatic rings. The van der Waals surface area contributed by atoms with Crippen LogP contribution in [-0.2, 0) is 9.59 Å². The van der Waals surface area contributed by atoms with Gasteiger partial charge in [-0.3, -0.25) is 14.5 Å². The van der Waals surface area contributed by atoms with Crippen LogP contribution in [0, 0.1) is 0 Å². The van der Waals surface area contributed by atoms with Gasteiger partial charge in [0, 0.05) is 5.69 Å². The Labute approximate surface area is 170 Å². The van der Waals surface area contributed by atoms with Gasteiger partial charge in [0.15, 0.2) is 4.34 Å². The summed E-state index contributed by atoms with van der Waals surface area (Å²) in [6.45, 7) is 1.82. The van der Waals surface area contributed by atoms with Crippen LogP contribution in [-0.4, -0.2) is 33.8 Å². The van der Waals surface area contributed by atoms with Crippen molar-refractivity contribution in [2.45, 2.75) is 16.5 Å². The monoisotopic (exact) mass is 411 g/mol. The zero-order valence-corrected chi connectivity index (χ0v) is 16.6. The number of aromatic nitrogens is 2. The fourth-order valence-corrected chi connectivity index (χ4v) is 4.78. The van der Waals surface area contributed by atoms with Crippen molar-refractivity contribution in [3.8, 4) is 0 Å². The van der Waals surface area contributed by atoms with Gasteiger partial charge in [-0.2, -0.15) is 0 Å². The fraction of sp³-hybridized carbons (Fsp3) is 0.158. The number of para-hydroxylation sites is 3. The van der Waals surface area contributed by atoms with Crippen molar-refractivity contribution in [3.63, 3.8) is 0 Å². The van der Waals surface area contributed by atoms with Gasteiger partial charge in [0.2, 0.25) is 16.9 Å². The quantitative estimate of drug-likeness (QED) is 0.622. The number of anilines is 4. The average Bonchev–Trinajstić information content (AvgIpc) is 3.14. The second-order valence-corrected chi connectivity index (χ2v) is 8.68. The molecular weight excluding hydrogens is 394 g/mol. The van der Waals surface area contributed by atoms with E-state index in [-0.39, 0.29) is 18.4 Å². The smallest absolute Gasteiger partial charge is 0.244 e. The molecule has 0 saturated heterocycles. The standard InChI is InChI=1S/C19H17N5O2S2/c1-12(17(26)24-11-16(25)21-14-9-5-6-10-15(14)24)27-19-23-22-18(28-19)20-13-7-3-2-4-8-13/h2-10,12H,11H2,1H3,(H,20,22)(H,21,25)/t12-/m1/s1. The fourth-order valence-electron chi connectivity index (χ4n) is 2.80. The first-order chi connectivity index (χ1) is 13.6. The topological polar surface area (TPSA) is 87.2 Å². The second-order valence-electron chi connectivity index (χ2n) is 6.11. The number of hydrogen-bond acceptors (Lipinski definition) is 7. The zero-order chi connectivity index (χ0) is 19.5. The lowest BCUT2D eigenvalue weighted by molar-refractivity contribution is -0.121. The number of amides is 2. The van der Waals surface area contributed by atoms with Gasteiger partial charge in [-0.05, 0) is 31.2 Å². The van der Waals surface area contributed by atoms with E-state index < -0.39 is 5.25 Å². The molecule has 0 spiro atoms. The van der Waals surface area contributed by atoms with Crippen molar-refractivity contribution in [2.24, 2.45) is 0 Å². The van der Waals surface area contributed by atoms with Crippen molar-refractivity contribution in [3.05, 3.63) is 54.6 Å². The molecule has 2 aromatic carbocycles. The first-order valence-corrected chi connectivity index (χ1v) is 10.3. The molecule has 1 aliphatic heterocycles. The summed E-state index contributed by atoms with van der Waals surface area (Å²) in [4.78, 5) is 26.5. The van der Waals surface area contributed by atoms with Crippen molar-refractivity contribution in [1.82, 2.24) is 10.2 Å². The Morgan fingerprint density at radius 3 is 2.75 bits per heavy atom. The van der Waals surface area contributed by atoms with Gasteiger partial charge in [-0.1, -0.05) is 53.4 Å². The van der Waals surface area contributed by atoms with Crippen LogP contribution >= 0.6 is 23.1 Å². The van der Waals surface area contributed by atoms with Crippen LogP contribution in [0.1, 0.15) is 6.92 Å². The van der Waals surface area contributed by atoms with E-state index in [1.807, 2.05) is 55.5 Å². The lowest BCUT2D eigenvalue weighted by Crippen LogP contribution is -2.45. The molecular formula is C19H17N5O2S2. The molecule has 1 atom stereocenters. The molecule has 4 rings (SSSR count). The van der Waals surface area contributed by atoms with Crippen molar-refractivity contribution < 1.29 is 9.59 Å². The Morgan fingerprint density at radius 2 is 1.93 bits per heavy atom. The Kier molecular flexibility index (Phi) is 5.27. The van der Waals surface area contributed by atoms with E-state index >= 15 is 0 Å². The molecule has 9 heteroatoms. The second kappa shape index (κ2) is 7.99. The zero-order valence-electron chi connectivity index (χ0n) is 15.0. The number of rotatable bonds is 5. The third-order valence-electron chi connectivity index (χ3n) is 4.09. The summed E-state index contributed by atoms with van der Waals surface area (Å²) < 4.78 is 0.689. The minimum absolute atomic E-state index is 0.0116. The van der Waals surface area contributed by atoms with Crippen LogP contribution in [0.25, 0.3) is 0 Å². The number of carbonyl (C=O) groups excluding carboxylic acids is 2. The molecule has 7 nitrogen and oxygen atoms in total. The van der Waals surface area contributed by atoms with Crippen molar-refractivity contribution in [2.75, 3.05) is 22.1 Å². The van der Waals surface area contributed by atoms with Crippen LogP contribution in [0.3, 0.4) is 0 Å². The van der Waals surface area contributed by atoms with E-state index in [9.17, 15) is 9.59 Å². The number of fused-ring (bicyclic) bond motifs is 1. The normalized spacial score (nSPS) is 14.2.